The summed E-state index contributed by atoms with van der Waals surface area (Å²) in [6.07, 6.45) is 0. The minimum Gasteiger partial charge on any atom is -0.324 e. The second kappa shape index (κ2) is 7.38. The van der Waals surface area contributed by atoms with Crippen LogP contribution in [-0.4, -0.2) is 26.8 Å². The van der Waals surface area contributed by atoms with Crippen LogP contribution in [0.1, 0.15) is 11.1 Å². The second-order valence-corrected chi connectivity index (χ2v) is 7.12. The van der Waals surface area contributed by atoms with Gasteiger partial charge >= 0.3 is 11.1 Å². The van der Waals surface area contributed by atoms with Crippen LogP contribution in [0.3, 0.4) is 0 Å². The predicted molar refractivity (Wildman–Crippen MR) is 111 cm³/mol. The number of benzene rings is 2. The topological polar surface area (TPSA) is 89.2 Å². The van der Waals surface area contributed by atoms with E-state index >= 15 is 0 Å². The maximum Gasteiger partial charge on any atom is 0.333 e. The maximum absolute atomic E-state index is 12.5. The van der Waals surface area contributed by atoms with E-state index in [2.05, 4.69) is 10.4 Å². The monoisotopic (exact) mass is 391 g/mol. The molecule has 1 aromatic heterocycles. The highest BCUT2D eigenvalue weighted by molar-refractivity contribution is 5.90. The number of carbonyl (C=O) groups excluding carboxylic acids is 1. The zero-order chi connectivity index (χ0) is 20.5. The highest BCUT2D eigenvalue weighted by Gasteiger charge is 2.26. The molecule has 2 heterocycles. The first-order chi connectivity index (χ1) is 13.9. The van der Waals surface area contributed by atoms with Crippen molar-refractivity contribution in [1.29, 1.82) is 0 Å². The molecule has 1 amide bonds. The third-order valence-corrected chi connectivity index (χ3v) is 4.84. The summed E-state index contributed by atoms with van der Waals surface area (Å²) in [6.45, 7) is 4.49. The average Bonchev–Trinajstić information content (AvgIpc) is 3.10. The molecular formula is C21H21N5O3. The molecule has 0 radical (unpaired) electrons. The molecule has 0 fully saturated rings. The molecule has 1 aliphatic heterocycles. The van der Waals surface area contributed by atoms with E-state index in [0.29, 0.717) is 24.7 Å². The van der Waals surface area contributed by atoms with Crippen molar-refractivity contribution < 1.29 is 4.79 Å². The summed E-state index contributed by atoms with van der Waals surface area (Å²) in [7, 11) is 0. The summed E-state index contributed by atoms with van der Waals surface area (Å²) in [6, 6.07) is 15.2. The zero-order valence-electron chi connectivity index (χ0n) is 16.3. The van der Waals surface area contributed by atoms with Gasteiger partial charge in [0.25, 0.3) is 0 Å². The van der Waals surface area contributed by atoms with Gasteiger partial charge in [-0.3, -0.25) is 19.0 Å². The molecule has 0 bridgehead atoms. The highest BCUT2D eigenvalue weighted by atomic mass is 16.2. The molecule has 29 heavy (non-hydrogen) atoms. The number of hydrogen-bond donors (Lipinski definition) is 1. The van der Waals surface area contributed by atoms with Crippen molar-refractivity contribution in [3.63, 3.8) is 0 Å². The predicted octanol–water partition coefficient (Wildman–Crippen LogP) is 1.81. The Hall–Kier alpha value is -3.68. The van der Waals surface area contributed by atoms with Crippen LogP contribution >= 0.6 is 0 Å². The fraction of sp³-hybridized carbons (Fsp3) is 0.238. The number of rotatable bonds is 4. The Bertz CT molecular complexity index is 1190. The van der Waals surface area contributed by atoms with Crippen molar-refractivity contribution in [2.45, 2.75) is 26.9 Å². The molecule has 1 aliphatic rings. The number of amides is 1. The normalized spacial score (nSPS) is 12.7. The van der Waals surface area contributed by atoms with E-state index in [1.165, 1.54) is 4.57 Å². The van der Waals surface area contributed by atoms with E-state index in [9.17, 15) is 14.4 Å². The average molecular weight is 391 g/mol. The van der Waals surface area contributed by atoms with E-state index in [0.717, 1.165) is 21.5 Å². The number of nitrogens with zero attached hydrogens (tertiary/aromatic N) is 4. The molecule has 0 saturated carbocycles. The number of nitrogens with one attached hydrogen (secondary N) is 1. The van der Waals surface area contributed by atoms with Gasteiger partial charge in [-0.2, -0.15) is 0 Å². The summed E-state index contributed by atoms with van der Waals surface area (Å²) < 4.78 is 2.29. The Balaban J connectivity index is 1.63. The van der Waals surface area contributed by atoms with Crippen LogP contribution in [0.15, 0.2) is 58.1 Å². The molecule has 148 valence electrons. The lowest BCUT2D eigenvalue weighted by molar-refractivity contribution is -0.117. The van der Waals surface area contributed by atoms with Gasteiger partial charge in [-0.05, 0) is 43.7 Å². The Morgan fingerprint density at radius 2 is 1.76 bits per heavy atom. The lowest BCUT2D eigenvalue weighted by Crippen LogP contribution is -2.44. The Labute approximate surface area is 167 Å². The van der Waals surface area contributed by atoms with Gasteiger partial charge in [-0.25, -0.2) is 4.68 Å². The van der Waals surface area contributed by atoms with Gasteiger partial charge in [0.05, 0.1) is 0 Å². The minimum atomic E-state index is -0.807. The molecule has 8 heteroatoms. The van der Waals surface area contributed by atoms with Crippen molar-refractivity contribution in [2.75, 3.05) is 16.8 Å². The van der Waals surface area contributed by atoms with E-state index in [-0.39, 0.29) is 6.54 Å². The molecule has 0 saturated heterocycles. The summed E-state index contributed by atoms with van der Waals surface area (Å²) in [5.41, 5.74) is 2.15. The van der Waals surface area contributed by atoms with Crippen LogP contribution in [0.25, 0.3) is 0 Å². The molecule has 0 spiro atoms. The van der Waals surface area contributed by atoms with E-state index < -0.39 is 17.0 Å². The Kier molecular flexibility index (Phi) is 4.75. The van der Waals surface area contributed by atoms with Crippen LogP contribution < -0.4 is 21.3 Å². The first-order valence-electron chi connectivity index (χ1n) is 9.35. The maximum atomic E-state index is 12.5. The van der Waals surface area contributed by atoms with Gasteiger partial charge in [-0.1, -0.05) is 29.8 Å². The van der Waals surface area contributed by atoms with E-state index in [4.69, 9.17) is 0 Å². The molecule has 3 aromatic rings. The van der Waals surface area contributed by atoms with Gasteiger partial charge in [-0.15, -0.1) is 5.10 Å². The van der Waals surface area contributed by atoms with Crippen LogP contribution in [-0.2, 0) is 17.9 Å². The quantitative estimate of drug-likeness (QED) is 0.685. The fourth-order valence-electron chi connectivity index (χ4n) is 3.36. The van der Waals surface area contributed by atoms with Gasteiger partial charge in [0.1, 0.15) is 6.54 Å². The number of carbonyl (C=O) groups is 1. The SMILES string of the molecule is Cc1ccc(N2CCn3c2nn(CC(=O)Nc2cccc(C)c2)c(=O)c3=O)cc1. The standard InChI is InChI=1S/C21H21N5O3/c1-14-6-8-17(9-7-14)24-10-11-25-19(28)20(29)26(23-21(24)25)13-18(27)22-16-5-3-4-15(2)12-16/h3-9,12H,10-11,13H2,1-2H3,(H,22,27). The summed E-state index contributed by atoms with van der Waals surface area (Å²) in [5.74, 6) is -0.0590. The molecular weight excluding hydrogens is 370 g/mol. The van der Waals surface area contributed by atoms with Crippen molar-refractivity contribution in [3.8, 4) is 0 Å². The summed E-state index contributed by atoms with van der Waals surface area (Å²) in [5, 5.41) is 7.06. The van der Waals surface area contributed by atoms with Crippen LogP contribution in [0, 0.1) is 13.8 Å². The second-order valence-electron chi connectivity index (χ2n) is 7.12. The lowest BCUT2D eigenvalue weighted by atomic mass is 10.2. The van der Waals surface area contributed by atoms with Crippen LogP contribution in [0.5, 0.6) is 0 Å². The van der Waals surface area contributed by atoms with E-state index in [1.807, 2.05) is 61.2 Å². The smallest absolute Gasteiger partial charge is 0.324 e. The fourth-order valence-corrected chi connectivity index (χ4v) is 3.36. The summed E-state index contributed by atoms with van der Waals surface area (Å²) >= 11 is 0. The first kappa shape index (κ1) is 18.7. The van der Waals surface area contributed by atoms with Gasteiger partial charge < -0.3 is 10.2 Å². The minimum absolute atomic E-state index is 0.336. The molecule has 0 unspecified atom stereocenters. The van der Waals surface area contributed by atoms with Crippen LogP contribution in [0.2, 0.25) is 0 Å². The number of fused-ring (bicyclic) bond motifs is 1. The van der Waals surface area contributed by atoms with Gasteiger partial charge in [0.15, 0.2) is 0 Å². The highest BCUT2D eigenvalue weighted by Crippen LogP contribution is 2.26. The zero-order valence-corrected chi connectivity index (χ0v) is 16.3. The molecule has 1 N–H and O–H groups in total. The van der Waals surface area contributed by atoms with E-state index in [1.54, 1.807) is 6.07 Å². The Morgan fingerprint density at radius 3 is 2.48 bits per heavy atom. The first-order valence-corrected chi connectivity index (χ1v) is 9.35. The number of aryl methyl sites for hydroxylation is 2. The third-order valence-electron chi connectivity index (χ3n) is 4.84. The van der Waals surface area contributed by atoms with Crippen molar-refractivity contribution >= 4 is 23.2 Å². The molecule has 0 aliphatic carbocycles. The van der Waals surface area contributed by atoms with Gasteiger partial charge in [0, 0.05) is 24.5 Å². The largest absolute Gasteiger partial charge is 0.333 e. The number of aromatic nitrogens is 3. The Morgan fingerprint density at radius 1 is 1.00 bits per heavy atom. The van der Waals surface area contributed by atoms with Crippen molar-refractivity contribution in [3.05, 3.63) is 80.4 Å². The lowest BCUT2D eigenvalue weighted by Gasteiger charge is -2.18. The van der Waals surface area contributed by atoms with Crippen LogP contribution in [0.4, 0.5) is 17.3 Å². The number of hydrogen-bond acceptors (Lipinski definition) is 5. The molecule has 4 rings (SSSR count). The van der Waals surface area contributed by atoms with Crippen molar-refractivity contribution in [2.24, 2.45) is 0 Å². The molecule has 8 nitrogen and oxygen atoms in total. The number of anilines is 3. The molecule has 2 aromatic carbocycles. The summed E-state index contributed by atoms with van der Waals surface area (Å²) in [4.78, 5) is 39.2. The van der Waals surface area contributed by atoms with Gasteiger partial charge in [0.2, 0.25) is 11.9 Å². The molecule has 0 atom stereocenters. The third kappa shape index (κ3) is 3.69. The van der Waals surface area contributed by atoms with Crippen molar-refractivity contribution in [1.82, 2.24) is 14.3 Å².